The molecule has 0 amide bonds. The van der Waals surface area contributed by atoms with Gasteiger partial charge in [0.1, 0.15) is 0 Å². The normalized spacial score (nSPS) is 17.3. The van der Waals surface area contributed by atoms with Gasteiger partial charge in [0.25, 0.3) is 0 Å². The standard InChI is InChI=1S/C8H6N2.C3H7F3N3O4P.Na.H/c1-2-4-8-7(3-1)9-5-6-10-8;4-3(5,6)12-14(10,11)13-9-2-1-7-8-9;;/h1-6H;7-8H,1-2H2,(H,10,11);;. The van der Waals surface area contributed by atoms with Gasteiger partial charge in [-0.3, -0.25) is 9.97 Å². The minimum absolute atomic E-state index is 0. The number of phosphoric acid groups is 1. The summed E-state index contributed by atoms with van der Waals surface area (Å²) in [6, 6.07) is 7.80. The van der Waals surface area contributed by atoms with Crippen LogP contribution in [0.15, 0.2) is 36.7 Å². The average Bonchev–Trinajstić information content (AvgIpc) is 2.97. The molecule has 0 saturated carbocycles. The van der Waals surface area contributed by atoms with Crippen molar-refractivity contribution in [1.82, 2.24) is 26.1 Å². The van der Waals surface area contributed by atoms with Crippen LogP contribution < -0.4 is 11.0 Å². The van der Waals surface area contributed by atoms with Crippen molar-refractivity contribution >= 4 is 48.4 Å². The van der Waals surface area contributed by atoms with E-state index >= 15 is 0 Å². The van der Waals surface area contributed by atoms with Crippen LogP contribution in [0.1, 0.15) is 0 Å². The van der Waals surface area contributed by atoms with Gasteiger partial charge in [-0.25, -0.2) is 9.99 Å². The van der Waals surface area contributed by atoms with E-state index in [0.717, 1.165) is 11.0 Å². The topological polar surface area (TPSA) is 109 Å². The van der Waals surface area contributed by atoms with E-state index in [1.54, 1.807) is 12.4 Å². The van der Waals surface area contributed by atoms with Crippen LogP contribution in [-0.2, 0) is 13.7 Å². The monoisotopic (exact) mass is 391 g/mol. The molecule has 2 heterocycles. The maximum absolute atomic E-state index is 11.5. The third-order valence-electron chi connectivity index (χ3n) is 2.44. The summed E-state index contributed by atoms with van der Waals surface area (Å²) in [5.74, 6) is 0. The van der Waals surface area contributed by atoms with Crippen molar-refractivity contribution in [1.29, 1.82) is 0 Å². The number of aromatic nitrogens is 2. The molecule has 1 atom stereocenters. The Hall–Kier alpha value is -0.660. The molecule has 0 aliphatic carbocycles. The number of hydrogen-bond acceptors (Lipinski definition) is 8. The average molecular weight is 391 g/mol. The van der Waals surface area contributed by atoms with Gasteiger partial charge in [-0.05, 0) is 12.1 Å². The number of halogens is 3. The molecule has 3 N–H and O–H groups in total. The fraction of sp³-hybridized carbons (Fsp3) is 0.273. The Morgan fingerprint density at radius 2 is 1.76 bits per heavy atom. The second-order valence-electron chi connectivity index (χ2n) is 4.27. The number of nitrogens with one attached hydrogen (secondary N) is 2. The first-order chi connectivity index (χ1) is 11.3. The molecule has 1 saturated heterocycles. The number of phosphoric ester groups is 1. The summed E-state index contributed by atoms with van der Waals surface area (Å²) in [6.45, 7) is 0.456. The van der Waals surface area contributed by atoms with E-state index in [2.05, 4.69) is 30.1 Å². The zero-order valence-electron chi connectivity index (χ0n) is 12.0. The predicted octanol–water partition coefficient (Wildman–Crippen LogP) is 0.861. The number of para-hydroxylation sites is 2. The van der Waals surface area contributed by atoms with Gasteiger partial charge in [0, 0.05) is 18.9 Å². The van der Waals surface area contributed by atoms with Crippen molar-refractivity contribution in [2.24, 2.45) is 0 Å². The van der Waals surface area contributed by atoms with E-state index in [-0.39, 0.29) is 36.1 Å². The molecule has 1 aromatic heterocycles. The smallest absolute Gasteiger partial charge is 0.0886 e. The van der Waals surface area contributed by atoms with Gasteiger partial charge in [-0.2, -0.15) is 14.7 Å². The van der Waals surface area contributed by atoms with Gasteiger partial charge in [-0.15, -0.1) is 13.2 Å². The molecule has 9 nitrogen and oxygen atoms in total. The van der Waals surface area contributed by atoms with Gasteiger partial charge in [-0.1, -0.05) is 17.3 Å². The summed E-state index contributed by atoms with van der Waals surface area (Å²) in [6.07, 6.45) is -1.83. The second kappa shape index (κ2) is 9.88. The predicted molar refractivity (Wildman–Crippen MR) is 82.6 cm³/mol. The summed E-state index contributed by atoms with van der Waals surface area (Å²) in [5, 5.41) is 0.631. The molecule has 14 heteroatoms. The number of nitrogens with zero attached hydrogens (tertiary/aromatic N) is 3. The molecule has 0 radical (unpaired) electrons. The Labute approximate surface area is 162 Å². The van der Waals surface area contributed by atoms with E-state index in [1.165, 1.54) is 0 Å². The Bertz CT molecular complexity index is 654. The SMILES string of the molecule is O=P(O)(ON1CCNN1)OC(F)(F)F.[NaH].c1ccc2nccnc2c1. The quantitative estimate of drug-likeness (QED) is 0.519. The second-order valence-corrected chi connectivity index (χ2v) is 5.56. The van der Waals surface area contributed by atoms with Crippen LogP contribution in [0.4, 0.5) is 13.2 Å². The number of hydrogen-bond donors (Lipinski definition) is 3. The summed E-state index contributed by atoms with van der Waals surface area (Å²) in [4.78, 5) is 16.8. The van der Waals surface area contributed by atoms with Crippen molar-refractivity contribution in [2.75, 3.05) is 13.1 Å². The summed E-state index contributed by atoms with van der Waals surface area (Å²) in [5.41, 5.74) is 6.52. The van der Waals surface area contributed by atoms with Gasteiger partial charge in [0.2, 0.25) is 0 Å². The number of alkyl halides is 3. The Morgan fingerprint density at radius 3 is 2.20 bits per heavy atom. The largest absolute Gasteiger partial charge is 0.253 e. The Morgan fingerprint density at radius 1 is 1.20 bits per heavy atom. The minimum atomic E-state index is -5.22. The molecule has 0 spiro atoms. The van der Waals surface area contributed by atoms with Crippen LogP contribution in [0.25, 0.3) is 11.0 Å². The first-order valence-electron chi connectivity index (χ1n) is 6.47. The Kier molecular flexibility index (Phi) is 8.84. The Balaban J connectivity index is 0.000000251. The third-order valence-corrected chi connectivity index (χ3v) is 3.28. The van der Waals surface area contributed by atoms with Crippen LogP contribution in [0, 0.1) is 0 Å². The van der Waals surface area contributed by atoms with Crippen molar-refractivity contribution < 1.29 is 31.8 Å². The fourth-order valence-corrected chi connectivity index (χ4v) is 2.27. The summed E-state index contributed by atoms with van der Waals surface area (Å²) < 4.78 is 52.1. The van der Waals surface area contributed by atoms with Gasteiger partial charge >= 0.3 is 43.7 Å². The molecule has 1 fully saturated rings. The molecule has 1 aromatic carbocycles. The molecule has 134 valence electrons. The molecule has 0 bridgehead atoms. The van der Waals surface area contributed by atoms with E-state index in [0.29, 0.717) is 11.7 Å². The summed E-state index contributed by atoms with van der Waals surface area (Å²) in [7, 11) is -5.16. The zero-order valence-corrected chi connectivity index (χ0v) is 12.9. The minimum Gasteiger partial charge on any atom is -0.253 e. The molecule has 3 rings (SSSR count). The van der Waals surface area contributed by atoms with Crippen LogP contribution in [-0.4, -0.2) is 69.0 Å². The maximum Gasteiger partial charge on any atom is 0.0886 e. The molecule has 1 unspecified atom stereocenters. The first-order valence-corrected chi connectivity index (χ1v) is 7.96. The third kappa shape index (κ3) is 8.51. The molecule has 25 heavy (non-hydrogen) atoms. The number of benzene rings is 1. The maximum atomic E-state index is 11.5. The van der Waals surface area contributed by atoms with E-state index in [1.807, 2.05) is 24.3 Å². The molecule has 1 aliphatic heterocycles. The van der Waals surface area contributed by atoms with Crippen LogP contribution in [0.5, 0.6) is 0 Å². The number of hydroxylamine groups is 1. The molecule has 2 aromatic rings. The van der Waals surface area contributed by atoms with Crippen molar-refractivity contribution in [3.63, 3.8) is 0 Å². The van der Waals surface area contributed by atoms with Gasteiger partial charge in [0.05, 0.1) is 17.6 Å². The van der Waals surface area contributed by atoms with Gasteiger partial charge in [0.15, 0.2) is 0 Å². The number of hydrazine groups is 2. The van der Waals surface area contributed by atoms with Crippen molar-refractivity contribution in [3.8, 4) is 0 Å². The molecular weight excluding hydrogens is 377 g/mol. The van der Waals surface area contributed by atoms with E-state index < -0.39 is 14.2 Å². The first kappa shape index (κ1) is 22.4. The van der Waals surface area contributed by atoms with Crippen molar-refractivity contribution in [2.45, 2.75) is 6.36 Å². The summed E-state index contributed by atoms with van der Waals surface area (Å²) >= 11 is 0. The zero-order chi connectivity index (χ0) is 17.6. The van der Waals surface area contributed by atoms with Gasteiger partial charge < -0.3 is 4.89 Å². The number of fused-ring (bicyclic) bond motifs is 1. The van der Waals surface area contributed by atoms with E-state index in [4.69, 9.17) is 4.89 Å². The molecule has 1 aliphatic rings. The van der Waals surface area contributed by atoms with Crippen molar-refractivity contribution in [3.05, 3.63) is 36.7 Å². The van der Waals surface area contributed by atoms with Crippen LogP contribution >= 0.6 is 7.82 Å². The molecular formula is C11H14F3N5NaO4P. The number of rotatable bonds is 3. The van der Waals surface area contributed by atoms with Crippen LogP contribution in [0.3, 0.4) is 0 Å². The van der Waals surface area contributed by atoms with Crippen LogP contribution in [0.2, 0.25) is 0 Å². The van der Waals surface area contributed by atoms with E-state index in [9.17, 15) is 17.7 Å². The fourth-order valence-electron chi connectivity index (χ4n) is 1.60.